The van der Waals surface area contributed by atoms with Crippen LogP contribution in [-0.4, -0.2) is 31.7 Å². The predicted octanol–water partition coefficient (Wildman–Crippen LogP) is 11.9. The largest absolute Gasteiger partial charge is 0.354 e. The zero-order valence-corrected chi connectivity index (χ0v) is 30.5. The molecule has 5 nitrogen and oxygen atoms in total. The number of benzene rings is 4. The fraction of sp³-hybridized carbons (Fsp3) is 0.0435. The van der Waals surface area contributed by atoms with Gasteiger partial charge in [0.15, 0.2) is 0 Å². The van der Waals surface area contributed by atoms with Crippen molar-refractivity contribution in [3.8, 4) is 44.5 Å². The van der Waals surface area contributed by atoms with Gasteiger partial charge in [0.2, 0.25) is 0 Å². The van der Waals surface area contributed by atoms with Gasteiger partial charge in [0.1, 0.15) is 0 Å². The van der Waals surface area contributed by atoms with Crippen LogP contribution < -0.4 is 4.90 Å². The van der Waals surface area contributed by atoms with E-state index in [1.165, 1.54) is 0 Å². The zero-order valence-electron chi connectivity index (χ0n) is 28.7. The highest BCUT2D eigenvalue weighted by molar-refractivity contribution is 7.81. The van der Waals surface area contributed by atoms with E-state index in [0.717, 1.165) is 95.0 Å². The Morgan fingerprint density at radius 3 is 0.981 bits per heavy atom. The Morgan fingerprint density at radius 1 is 0.377 bits per heavy atom. The molecule has 256 valence electrons. The van der Waals surface area contributed by atoms with E-state index >= 15 is 0 Å². The van der Waals surface area contributed by atoms with Gasteiger partial charge >= 0.3 is 0 Å². The number of aromatic nitrogens is 4. The number of nitrogens with zero attached hydrogens (tertiary/aromatic N) is 3. The summed E-state index contributed by atoms with van der Waals surface area (Å²) >= 11 is 9.04. The van der Waals surface area contributed by atoms with Crippen LogP contribution in [0.1, 0.15) is 22.8 Å². The molecular weight excluding hydrogens is 687 g/mol. The van der Waals surface area contributed by atoms with E-state index in [9.17, 15) is 0 Å². The van der Waals surface area contributed by atoms with E-state index in [-0.39, 0.29) is 0 Å². The Morgan fingerprint density at radius 2 is 0.679 bits per heavy atom. The molecule has 4 aromatic carbocycles. The summed E-state index contributed by atoms with van der Waals surface area (Å²) in [5.41, 5.74) is 16.9. The minimum atomic E-state index is 0.575. The smallest absolute Gasteiger partial charge is 0.0737 e. The van der Waals surface area contributed by atoms with E-state index in [4.69, 9.17) is 9.97 Å². The highest BCUT2D eigenvalue weighted by Crippen LogP contribution is 2.38. The van der Waals surface area contributed by atoms with Crippen molar-refractivity contribution in [1.82, 2.24) is 19.9 Å². The van der Waals surface area contributed by atoms with Crippen LogP contribution in [0.15, 0.2) is 140 Å². The maximum atomic E-state index is 5.40. The molecule has 3 aromatic heterocycles. The molecule has 0 saturated heterocycles. The van der Waals surface area contributed by atoms with Crippen LogP contribution in [0.3, 0.4) is 0 Å². The highest BCUT2D eigenvalue weighted by Gasteiger charge is 2.19. The van der Waals surface area contributed by atoms with E-state index in [0.29, 0.717) is 11.8 Å². The number of H-pyrrole nitrogens is 2. The molecule has 0 saturated carbocycles. The summed E-state index contributed by atoms with van der Waals surface area (Å²) in [4.78, 5) is 20.5. The molecule has 2 N–H and O–H groups in total. The molecule has 9 rings (SSSR count). The minimum absolute atomic E-state index is 0.575. The van der Waals surface area contributed by atoms with Crippen molar-refractivity contribution < 1.29 is 0 Å². The average Bonchev–Trinajstić information content (AvgIpc) is 4.05. The van der Waals surface area contributed by atoms with Crippen molar-refractivity contribution in [2.45, 2.75) is 0 Å². The summed E-state index contributed by atoms with van der Waals surface area (Å²) in [5, 5.41) is 0. The fourth-order valence-electron chi connectivity index (χ4n) is 7.28. The molecule has 0 radical (unpaired) electrons. The number of anilines is 1. The number of aromatic amines is 2. The average molecular weight is 722 g/mol. The van der Waals surface area contributed by atoms with Crippen LogP contribution in [0, 0.1) is 0 Å². The number of rotatable bonds is 7. The molecule has 7 aromatic rings. The lowest BCUT2D eigenvalue weighted by Gasteiger charge is -2.20. The summed E-state index contributed by atoms with van der Waals surface area (Å²) in [6.45, 7) is 0. The summed E-state index contributed by atoms with van der Waals surface area (Å²) in [6, 6.07) is 48.7. The Balaban J connectivity index is 1.43. The Bertz CT molecular complexity index is 2640. The monoisotopic (exact) mass is 721 g/mol. The van der Waals surface area contributed by atoms with Crippen LogP contribution in [0.4, 0.5) is 5.69 Å². The number of nitrogens with one attached hydrogen (secondary N) is 2. The fourth-order valence-corrected chi connectivity index (χ4v) is 7.97. The van der Waals surface area contributed by atoms with Gasteiger partial charge in [0.05, 0.1) is 34.5 Å². The summed E-state index contributed by atoms with van der Waals surface area (Å²) in [5.74, 6) is 1.15. The van der Waals surface area contributed by atoms with Gasteiger partial charge in [-0.3, -0.25) is 0 Å². The second-order valence-corrected chi connectivity index (χ2v) is 13.5. The van der Waals surface area contributed by atoms with Crippen LogP contribution in [0.2, 0.25) is 0 Å². The minimum Gasteiger partial charge on any atom is -0.354 e. The highest BCUT2D eigenvalue weighted by atomic mass is 32.1. The van der Waals surface area contributed by atoms with Crippen LogP contribution >= 0.6 is 25.3 Å². The zero-order chi connectivity index (χ0) is 35.7. The number of hydrogen-bond acceptors (Lipinski definition) is 5. The summed E-state index contributed by atoms with van der Waals surface area (Å²) < 4.78 is 0. The maximum absolute atomic E-state index is 5.40. The molecule has 8 bridgehead atoms. The number of fused-ring (bicyclic) bond motifs is 8. The Labute approximate surface area is 319 Å². The van der Waals surface area contributed by atoms with Crippen LogP contribution in [0.25, 0.3) is 90.9 Å². The third kappa shape index (κ3) is 6.18. The molecule has 0 spiro atoms. The first-order valence-corrected chi connectivity index (χ1v) is 18.8. The first-order valence-electron chi connectivity index (χ1n) is 17.6. The Hall–Kier alpha value is -6.02. The lowest BCUT2D eigenvalue weighted by atomic mass is 10.0. The molecule has 0 fully saturated rings. The molecule has 7 heteroatoms. The first kappa shape index (κ1) is 32.9. The summed E-state index contributed by atoms with van der Waals surface area (Å²) in [7, 11) is 0. The molecule has 0 atom stereocenters. The first-order chi connectivity index (χ1) is 26.2. The van der Waals surface area contributed by atoms with E-state index in [1.54, 1.807) is 0 Å². The lowest BCUT2D eigenvalue weighted by Crippen LogP contribution is -2.18. The normalized spacial score (nSPS) is 12.0. The van der Waals surface area contributed by atoms with Gasteiger partial charge in [0.25, 0.3) is 0 Å². The van der Waals surface area contributed by atoms with Crippen molar-refractivity contribution in [2.24, 2.45) is 0 Å². The van der Waals surface area contributed by atoms with E-state index in [1.807, 2.05) is 18.2 Å². The molecule has 5 heterocycles. The van der Waals surface area contributed by atoms with E-state index in [2.05, 4.69) is 186 Å². The third-order valence-corrected chi connectivity index (χ3v) is 10.5. The Kier molecular flexibility index (Phi) is 8.79. The van der Waals surface area contributed by atoms with Gasteiger partial charge in [0, 0.05) is 50.0 Å². The van der Waals surface area contributed by atoms with Crippen molar-refractivity contribution >= 4 is 77.3 Å². The maximum Gasteiger partial charge on any atom is 0.0737 e. The van der Waals surface area contributed by atoms with Crippen molar-refractivity contribution in [3.05, 3.63) is 162 Å². The van der Waals surface area contributed by atoms with Crippen LogP contribution in [0.5, 0.6) is 0 Å². The van der Waals surface area contributed by atoms with Crippen molar-refractivity contribution in [1.29, 1.82) is 0 Å². The van der Waals surface area contributed by atoms with Crippen molar-refractivity contribution in [3.63, 3.8) is 0 Å². The standard InChI is InChI=1S/C46H35N5S2/c52-28-51(29-53)34-18-16-33(17-19-34)46-41-26-24-39(49-41)44(31-12-6-2-7-13-31)37-22-20-35(47-37)43(30-10-4-1-5-11-30)36-21-23-38(48-36)45(32-14-8-3-9-15-32)40-25-27-42(46)50-40/h1-27,47,50,52-53H,28-29H2. The van der Waals surface area contributed by atoms with Gasteiger partial charge in [-0.15, -0.1) is 0 Å². The number of hydrogen-bond donors (Lipinski definition) is 4. The topological polar surface area (TPSA) is 60.6 Å². The molecule has 53 heavy (non-hydrogen) atoms. The summed E-state index contributed by atoms with van der Waals surface area (Å²) in [6.07, 6.45) is 8.53. The predicted molar refractivity (Wildman–Crippen MR) is 231 cm³/mol. The third-order valence-electron chi connectivity index (χ3n) is 9.80. The molecule has 2 aliphatic rings. The van der Waals surface area contributed by atoms with Gasteiger partial charge in [-0.05, 0) is 83.0 Å². The van der Waals surface area contributed by atoms with Gasteiger partial charge in [-0.2, -0.15) is 25.3 Å². The second kappa shape index (κ2) is 14.2. The van der Waals surface area contributed by atoms with Crippen molar-refractivity contribution in [2.75, 3.05) is 16.7 Å². The van der Waals surface area contributed by atoms with Gasteiger partial charge < -0.3 is 14.9 Å². The quantitative estimate of drug-likeness (QED) is 0.0979. The van der Waals surface area contributed by atoms with Gasteiger partial charge in [-0.25, -0.2) is 9.97 Å². The number of thiol groups is 2. The second-order valence-electron chi connectivity index (χ2n) is 13.0. The molecule has 2 aliphatic heterocycles. The molecule has 0 aliphatic carbocycles. The van der Waals surface area contributed by atoms with Crippen LogP contribution in [-0.2, 0) is 0 Å². The van der Waals surface area contributed by atoms with E-state index < -0.39 is 0 Å². The molecular formula is C46H35N5S2. The molecule has 0 amide bonds. The SMILES string of the molecule is SCN(CS)c1ccc(-c2c3nc(c(-c4ccccc4)c4ccc([nH]4)c(-c4ccccc4)c4nc(c(-c5ccccc5)c5ccc2[nH]5)C=C4)C=C3)cc1. The van der Waals surface area contributed by atoms with Gasteiger partial charge in [-0.1, -0.05) is 103 Å². The lowest BCUT2D eigenvalue weighted by molar-refractivity contribution is 1.07. The molecule has 0 unspecified atom stereocenters.